The summed E-state index contributed by atoms with van der Waals surface area (Å²) in [5.41, 5.74) is 3.48. The minimum atomic E-state index is -0.501. The van der Waals surface area contributed by atoms with E-state index < -0.39 is 11.7 Å². The Hall–Kier alpha value is -2.17. The number of ketones is 1. The number of nitrogens with zero attached hydrogens (tertiary/aromatic N) is 2. The van der Waals surface area contributed by atoms with Crippen molar-refractivity contribution in [3.8, 4) is 0 Å². The molecule has 0 aliphatic carbocycles. The number of benzene rings is 2. The highest BCUT2D eigenvalue weighted by molar-refractivity contribution is 6.52. The van der Waals surface area contributed by atoms with E-state index in [4.69, 9.17) is 11.6 Å². The predicted octanol–water partition coefficient (Wildman–Crippen LogP) is 4.08. The van der Waals surface area contributed by atoms with E-state index in [1.165, 1.54) is 16.0 Å². The molecule has 5 heteroatoms. The van der Waals surface area contributed by atoms with Crippen molar-refractivity contribution in [3.05, 3.63) is 64.2 Å². The van der Waals surface area contributed by atoms with Gasteiger partial charge in [-0.05, 0) is 42.3 Å². The van der Waals surface area contributed by atoms with E-state index in [-0.39, 0.29) is 0 Å². The lowest BCUT2D eigenvalue weighted by molar-refractivity contribution is -0.114. The van der Waals surface area contributed by atoms with Crippen LogP contribution in [0.2, 0.25) is 5.02 Å². The largest absolute Gasteiger partial charge is 0.300 e. The highest BCUT2D eigenvalue weighted by Crippen LogP contribution is 2.31. The average Bonchev–Trinajstić information content (AvgIpc) is 2.80. The van der Waals surface area contributed by atoms with Crippen LogP contribution in [0.4, 0.5) is 5.69 Å². The van der Waals surface area contributed by atoms with Gasteiger partial charge in [0.15, 0.2) is 0 Å². The fourth-order valence-corrected chi connectivity index (χ4v) is 3.20. The van der Waals surface area contributed by atoms with Crippen molar-refractivity contribution in [2.24, 2.45) is 0 Å². The number of carbonyl (C=O) groups excluding carboxylic acids is 2. The molecule has 2 aromatic rings. The van der Waals surface area contributed by atoms with Gasteiger partial charge in [0, 0.05) is 11.6 Å². The normalized spacial score (nSPS) is 13.9. The number of halogens is 1. The molecule has 0 unspecified atom stereocenters. The van der Waals surface area contributed by atoms with Crippen LogP contribution in [0.25, 0.3) is 0 Å². The van der Waals surface area contributed by atoms with Crippen LogP contribution in [0.5, 0.6) is 0 Å². The lowest BCUT2D eigenvalue weighted by Crippen LogP contribution is -2.38. The van der Waals surface area contributed by atoms with E-state index >= 15 is 0 Å². The van der Waals surface area contributed by atoms with Gasteiger partial charge in [-0.2, -0.15) is 0 Å². The van der Waals surface area contributed by atoms with Crippen LogP contribution in [0, 0.1) is 0 Å². The van der Waals surface area contributed by atoms with Crippen LogP contribution in [0.15, 0.2) is 42.5 Å². The van der Waals surface area contributed by atoms with Crippen molar-refractivity contribution in [2.75, 3.05) is 18.6 Å². The highest BCUT2D eigenvalue weighted by Gasteiger charge is 2.36. The number of fused-ring (bicyclic) bond motifs is 1. The van der Waals surface area contributed by atoms with Gasteiger partial charge in [-0.3, -0.25) is 19.4 Å². The molecule has 1 heterocycles. The van der Waals surface area contributed by atoms with Crippen molar-refractivity contribution in [2.45, 2.75) is 26.3 Å². The van der Waals surface area contributed by atoms with E-state index in [1.54, 1.807) is 18.2 Å². The summed E-state index contributed by atoms with van der Waals surface area (Å²) in [4.78, 5) is 27.9. The number of anilines is 1. The van der Waals surface area contributed by atoms with Crippen LogP contribution < -0.4 is 4.90 Å². The molecule has 0 N–H and O–H groups in total. The quantitative estimate of drug-likeness (QED) is 0.758. The van der Waals surface area contributed by atoms with Gasteiger partial charge in [-0.1, -0.05) is 49.7 Å². The maximum atomic E-state index is 12.3. The molecule has 1 aliphatic rings. The first-order valence-corrected chi connectivity index (χ1v) is 8.67. The summed E-state index contributed by atoms with van der Waals surface area (Å²) in [7, 11) is 1.93. The van der Waals surface area contributed by atoms with Crippen molar-refractivity contribution >= 4 is 29.0 Å². The summed E-state index contributed by atoms with van der Waals surface area (Å²) >= 11 is 5.94. The smallest absolute Gasteiger partial charge is 0.291 e. The summed E-state index contributed by atoms with van der Waals surface area (Å²) in [5, 5.41) is 0.459. The van der Waals surface area contributed by atoms with E-state index in [1.807, 2.05) is 11.9 Å². The number of hydrogen-bond donors (Lipinski definition) is 0. The van der Waals surface area contributed by atoms with Crippen LogP contribution in [0.3, 0.4) is 0 Å². The van der Waals surface area contributed by atoms with Crippen molar-refractivity contribution in [1.29, 1.82) is 0 Å². The Balaban J connectivity index is 1.72. The SMILES string of the molecule is CC(C)c1ccc(CN(C)CN2C(=O)C(=O)c3cc(Cl)ccc32)cc1. The average molecular weight is 357 g/mol. The molecule has 0 radical (unpaired) electrons. The third-order valence-electron chi connectivity index (χ3n) is 4.42. The van der Waals surface area contributed by atoms with Gasteiger partial charge in [0.05, 0.1) is 17.9 Å². The molecule has 130 valence electrons. The second kappa shape index (κ2) is 6.98. The predicted molar refractivity (Wildman–Crippen MR) is 100 cm³/mol. The first-order valence-electron chi connectivity index (χ1n) is 8.30. The second-order valence-electron chi connectivity index (χ2n) is 6.78. The molecule has 0 bridgehead atoms. The molecular weight excluding hydrogens is 336 g/mol. The minimum absolute atomic E-state index is 0.352. The fraction of sp³-hybridized carbons (Fsp3) is 0.300. The molecule has 0 fully saturated rings. The molecule has 4 nitrogen and oxygen atoms in total. The van der Waals surface area contributed by atoms with Gasteiger partial charge >= 0.3 is 5.91 Å². The van der Waals surface area contributed by atoms with Crippen molar-refractivity contribution < 1.29 is 9.59 Å². The van der Waals surface area contributed by atoms with E-state index in [0.29, 0.717) is 35.4 Å². The highest BCUT2D eigenvalue weighted by atomic mass is 35.5. The number of hydrogen-bond acceptors (Lipinski definition) is 3. The first kappa shape index (κ1) is 17.6. The van der Waals surface area contributed by atoms with Gasteiger partial charge in [0.2, 0.25) is 0 Å². The minimum Gasteiger partial charge on any atom is -0.291 e. The number of Topliss-reactive ketones (excluding diaryl/α,β-unsaturated/α-hetero) is 1. The third kappa shape index (κ3) is 3.60. The summed E-state index contributed by atoms with van der Waals surface area (Å²) in [6.45, 7) is 5.38. The van der Waals surface area contributed by atoms with Gasteiger partial charge in [-0.15, -0.1) is 0 Å². The molecule has 0 saturated heterocycles. The second-order valence-corrected chi connectivity index (χ2v) is 7.21. The molecule has 3 rings (SSSR count). The van der Waals surface area contributed by atoms with Crippen molar-refractivity contribution in [1.82, 2.24) is 4.90 Å². The number of amides is 1. The van der Waals surface area contributed by atoms with Crippen molar-refractivity contribution in [3.63, 3.8) is 0 Å². The molecule has 2 aromatic carbocycles. The summed E-state index contributed by atoms with van der Waals surface area (Å²) < 4.78 is 0. The van der Waals surface area contributed by atoms with E-state index in [0.717, 1.165) is 0 Å². The summed E-state index contributed by atoms with van der Waals surface area (Å²) in [6, 6.07) is 13.5. The van der Waals surface area contributed by atoms with Gasteiger partial charge in [0.1, 0.15) is 0 Å². The summed E-state index contributed by atoms with van der Waals surface area (Å²) in [5.74, 6) is -0.491. The van der Waals surface area contributed by atoms with Crippen LogP contribution in [-0.2, 0) is 11.3 Å². The third-order valence-corrected chi connectivity index (χ3v) is 4.65. The monoisotopic (exact) mass is 356 g/mol. The molecule has 0 atom stereocenters. The van der Waals surface area contributed by atoms with E-state index in [9.17, 15) is 9.59 Å². The van der Waals surface area contributed by atoms with Crippen LogP contribution >= 0.6 is 11.6 Å². The van der Waals surface area contributed by atoms with E-state index in [2.05, 4.69) is 38.1 Å². The molecule has 0 spiro atoms. The lowest BCUT2D eigenvalue weighted by atomic mass is 10.0. The Kier molecular flexibility index (Phi) is 4.93. The molecular formula is C20H21ClN2O2. The van der Waals surface area contributed by atoms with Gasteiger partial charge in [0.25, 0.3) is 5.78 Å². The first-order chi connectivity index (χ1) is 11.9. The Morgan fingerprint density at radius 1 is 1.08 bits per heavy atom. The Morgan fingerprint density at radius 3 is 2.40 bits per heavy atom. The molecule has 1 aliphatic heterocycles. The molecule has 1 amide bonds. The standard InChI is InChI=1S/C20H21ClN2O2/c1-13(2)15-6-4-14(5-7-15)11-22(3)12-23-18-9-8-16(21)10-17(18)19(24)20(23)25/h4-10,13H,11-12H2,1-3H3. The molecule has 0 saturated carbocycles. The van der Waals surface area contributed by atoms with Crippen LogP contribution in [0.1, 0.15) is 41.3 Å². The molecule has 25 heavy (non-hydrogen) atoms. The Labute approximate surface area is 153 Å². The fourth-order valence-electron chi connectivity index (χ4n) is 3.02. The Morgan fingerprint density at radius 2 is 1.76 bits per heavy atom. The zero-order chi connectivity index (χ0) is 18.1. The zero-order valence-corrected chi connectivity index (χ0v) is 15.4. The van der Waals surface area contributed by atoms with Gasteiger partial charge in [-0.25, -0.2) is 0 Å². The Bertz CT molecular complexity index is 815. The summed E-state index contributed by atoms with van der Waals surface area (Å²) in [6.07, 6.45) is 0. The molecule has 0 aromatic heterocycles. The zero-order valence-electron chi connectivity index (χ0n) is 14.6. The number of rotatable bonds is 5. The van der Waals surface area contributed by atoms with Gasteiger partial charge < -0.3 is 0 Å². The van der Waals surface area contributed by atoms with Crippen LogP contribution in [-0.4, -0.2) is 30.3 Å². The lowest BCUT2D eigenvalue weighted by Gasteiger charge is -2.24. The maximum absolute atomic E-state index is 12.3. The maximum Gasteiger partial charge on any atom is 0.300 e. The topological polar surface area (TPSA) is 40.6 Å². The number of carbonyl (C=O) groups is 2.